The molecule has 3 aromatic heterocycles. The number of fused-ring (bicyclic) bond motifs is 1. The molecule has 30 heavy (non-hydrogen) atoms. The molecular weight excluding hydrogens is 418 g/mol. The molecule has 0 aliphatic heterocycles. The summed E-state index contributed by atoms with van der Waals surface area (Å²) in [5.41, 5.74) is 1.67. The van der Waals surface area contributed by atoms with E-state index in [9.17, 15) is 4.79 Å². The second kappa shape index (κ2) is 9.06. The Morgan fingerprint density at radius 3 is 2.70 bits per heavy atom. The second-order valence-electron chi connectivity index (χ2n) is 6.31. The Hall–Kier alpha value is -3.23. The van der Waals surface area contributed by atoms with Crippen molar-refractivity contribution in [2.45, 2.75) is 6.54 Å². The first kappa shape index (κ1) is 20.1. The first-order valence-electron chi connectivity index (χ1n) is 9.12. The van der Waals surface area contributed by atoms with Crippen LogP contribution in [0.2, 0.25) is 0 Å². The number of nitrogens with zero attached hydrogens (tertiary/aromatic N) is 3. The van der Waals surface area contributed by atoms with Crippen molar-refractivity contribution in [3.05, 3.63) is 70.7 Å². The van der Waals surface area contributed by atoms with Crippen LogP contribution in [0, 0.1) is 0 Å². The zero-order chi connectivity index (χ0) is 20.9. The number of anilines is 1. The first-order valence-corrected chi connectivity index (χ1v) is 10.8. The lowest BCUT2D eigenvalue weighted by Crippen LogP contribution is -2.28. The summed E-state index contributed by atoms with van der Waals surface area (Å²) in [6.07, 6.45) is 6.86. The normalized spacial score (nSPS) is 11.1. The van der Waals surface area contributed by atoms with Crippen LogP contribution >= 0.6 is 22.7 Å². The Labute approximate surface area is 182 Å². The number of hydrogen-bond acceptors (Lipinski definition) is 7. The molecule has 6 nitrogen and oxygen atoms in total. The molecule has 0 aliphatic rings. The summed E-state index contributed by atoms with van der Waals surface area (Å²) in [6, 6.07) is 11.4. The van der Waals surface area contributed by atoms with E-state index in [4.69, 9.17) is 14.5 Å². The van der Waals surface area contributed by atoms with Gasteiger partial charge in [-0.25, -0.2) is 4.98 Å². The smallest absolute Gasteiger partial charge is 0.253 e. The van der Waals surface area contributed by atoms with Gasteiger partial charge in [0.1, 0.15) is 0 Å². The van der Waals surface area contributed by atoms with Crippen molar-refractivity contribution in [3.8, 4) is 11.5 Å². The minimum atomic E-state index is -0.148. The zero-order valence-electron chi connectivity index (χ0n) is 16.4. The molecule has 0 saturated carbocycles. The molecule has 4 aromatic rings. The molecule has 0 aliphatic carbocycles. The van der Waals surface area contributed by atoms with E-state index >= 15 is 0 Å². The average molecular weight is 438 g/mol. The predicted octanol–water partition coefficient (Wildman–Crippen LogP) is 5.02. The zero-order valence-corrected chi connectivity index (χ0v) is 18.1. The van der Waals surface area contributed by atoms with Crippen molar-refractivity contribution in [3.63, 3.8) is 0 Å². The Morgan fingerprint density at radius 1 is 1.17 bits per heavy atom. The van der Waals surface area contributed by atoms with Gasteiger partial charge in [0.25, 0.3) is 5.91 Å². The second-order valence-corrected chi connectivity index (χ2v) is 8.29. The number of methoxy groups -OCH3 is 2. The van der Waals surface area contributed by atoms with E-state index in [0.29, 0.717) is 23.2 Å². The topological polar surface area (TPSA) is 64.5 Å². The molecule has 1 aromatic carbocycles. The van der Waals surface area contributed by atoms with Gasteiger partial charge in [-0.2, -0.15) is 0 Å². The molecule has 4 rings (SSSR count). The summed E-state index contributed by atoms with van der Waals surface area (Å²) in [7, 11) is 3.18. The molecule has 0 spiro atoms. The maximum absolute atomic E-state index is 13.1. The number of rotatable bonds is 7. The van der Waals surface area contributed by atoms with Crippen molar-refractivity contribution in [2.75, 3.05) is 19.1 Å². The molecule has 3 heterocycles. The maximum atomic E-state index is 13.1. The third kappa shape index (κ3) is 4.34. The summed E-state index contributed by atoms with van der Waals surface area (Å²) in [5.74, 6) is 1.08. The lowest BCUT2D eigenvalue weighted by molar-refractivity contribution is -0.114. The summed E-state index contributed by atoms with van der Waals surface area (Å²) in [6.45, 7) is 0.371. The van der Waals surface area contributed by atoms with Crippen molar-refractivity contribution in [1.82, 2.24) is 9.97 Å². The number of benzene rings is 1. The van der Waals surface area contributed by atoms with Crippen LogP contribution in [-0.2, 0) is 11.3 Å². The standard InChI is InChI=1S/C22H19N3O3S2/c1-27-18-11-17-20(12-19(18)28-2)30-22(24-17)25(14-15-5-3-9-23-13-15)21(26)8-7-16-6-4-10-29-16/h3-13H,14H2,1-2H3/b8-7+. The van der Waals surface area contributed by atoms with Crippen molar-refractivity contribution >= 4 is 50.0 Å². The van der Waals surface area contributed by atoms with Crippen LogP contribution < -0.4 is 14.4 Å². The molecule has 8 heteroatoms. The fraction of sp³-hybridized carbons (Fsp3) is 0.136. The summed E-state index contributed by atoms with van der Waals surface area (Å²) in [4.78, 5) is 24.6. The highest BCUT2D eigenvalue weighted by atomic mass is 32.1. The Balaban J connectivity index is 1.71. The third-order valence-electron chi connectivity index (χ3n) is 4.38. The highest BCUT2D eigenvalue weighted by Crippen LogP contribution is 2.37. The number of amides is 1. The summed E-state index contributed by atoms with van der Waals surface area (Å²) < 4.78 is 11.7. The molecule has 0 fully saturated rings. The number of thiazole rings is 1. The highest BCUT2D eigenvalue weighted by Gasteiger charge is 2.20. The molecule has 0 radical (unpaired) electrons. The van der Waals surface area contributed by atoms with Crippen molar-refractivity contribution in [2.24, 2.45) is 0 Å². The lowest BCUT2D eigenvalue weighted by atomic mass is 10.2. The number of aromatic nitrogens is 2. The molecule has 152 valence electrons. The van der Waals surface area contributed by atoms with Gasteiger partial charge in [0, 0.05) is 35.5 Å². The Bertz CT molecular complexity index is 1130. The van der Waals surface area contributed by atoms with Crippen LogP contribution in [0.1, 0.15) is 10.4 Å². The number of carbonyl (C=O) groups is 1. The highest BCUT2D eigenvalue weighted by molar-refractivity contribution is 7.22. The monoisotopic (exact) mass is 437 g/mol. The fourth-order valence-electron chi connectivity index (χ4n) is 2.90. The molecule has 0 N–H and O–H groups in total. The molecular formula is C22H19N3O3S2. The Kier molecular flexibility index (Phi) is 6.06. The number of pyridine rings is 1. The van der Waals surface area contributed by atoms with E-state index in [1.807, 2.05) is 47.9 Å². The van der Waals surface area contributed by atoms with E-state index in [1.165, 1.54) is 11.3 Å². The number of carbonyl (C=O) groups excluding carboxylic acids is 1. The van der Waals surface area contributed by atoms with Gasteiger partial charge in [0.2, 0.25) is 0 Å². The molecule has 0 saturated heterocycles. The van der Waals surface area contributed by atoms with E-state index in [1.54, 1.807) is 48.9 Å². The van der Waals surface area contributed by atoms with Gasteiger partial charge >= 0.3 is 0 Å². The minimum absolute atomic E-state index is 0.148. The van der Waals surface area contributed by atoms with Crippen molar-refractivity contribution < 1.29 is 14.3 Å². The number of ether oxygens (including phenoxy) is 2. The first-order chi connectivity index (χ1) is 14.7. The number of hydrogen-bond donors (Lipinski definition) is 0. The van der Waals surface area contributed by atoms with Crippen LogP contribution in [0.15, 0.2) is 60.2 Å². The van der Waals surface area contributed by atoms with E-state index in [0.717, 1.165) is 20.7 Å². The van der Waals surface area contributed by atoms with Gasteiger partial charge in [-0.15, -0.1) is 11.3 Å². The third-order valence-corrected chi connectivity index (χ3v) is 6.25. The van der Waals surface area contributed by atoms with E-state index in [2.05, 4.69) is 4.98 Å². The van der Waals surface area contributed by atoms with Gasteiger partial charge in [0.05, 0.1) is 31.0 Å². The number of thiophene rings is 1. The van der Waals surface area contributed by atoms with Crippen LogP contribution in [0.5, 0.6) is 11.5 Å². The Morgan fingerprint density at radius 2 is 2.00 bits per heavy atom. The van der Waals surface area contributed by atoms with Crippen molar-refractivity contribution in [1.29, 1.82) is 0 Å². The quantitative estimate of drug-likeness (QED) is 0.380. The SMILES string of the molecule is COc1cc2nc(N(Cc3cccnc3)C(=O)/C=C/c3cccs3)sc2cc1OC. The largest absolute Gasteiger partial charge is 0.493 e. The van der Waals surface area contributed by atoms with E-state index in [-0.39, 0.29) is 5.91 Å². The van der Waals surface area contributed by atoms with Gasteiger partial charge in [-0.05, 0) is 29.2 Å². The van der Waals surface area contributed by atoms with Crippen LogP contribution in [0.25, 0.3) is 16.3 Å². The van der Waals surface area contributed by atoms with Gasteiger partial charge in [-0.1, -0.05) is 23.5 Å². The minimum Gasteiger partial charge on any atom is -0.493 e. The molecule has 0 unspecified atom stereocenters. The molecule has 0 atom stereocenters. The maximum Gasteiger partial charge on any atom is 0.253 e. The molecule has 0 bridgehead atoms. The lowest BCUT2D eigenvalue weighted by Gasteiger charge is -2.18. The van der Waals surface area contributed by atoms with Gasteiger partial charge in [0.15, 0.2) is 16.6 Å². The molecule has 1 amide bonds. The van der Waals surface area contributed by atoms with Crippen LogP contribution in [0.4, 0.5) is 5.13 Å². The fourth-order valence-corrected chi connectivity index (χ4v) is 4.50. The predicted molar refractivity (Wildman–Crippen MR) is 122 cm³/mol. The van der Waals surface area contributed by atoms with Gasteiger partial charge < -0.3 is 9.47 Å². The summed E-state index contributed by atoms with van der Waals surface area (Å²) >= 11 is 3.01. The van der Waals surface area contributed by atoms with Gasteiger partial charge in [-0.3, -0.25) is 14.7 Å². The average Bonchev–Trinajstić information content (AvgIpc) is 3.44. The van der Waals surface area contributed by atoms with Crippen LogP contribution in [0.3, 0.4) is 0 Å². The van der Waals surface area contributed by atoms with Crippen LogP contribution in [-0.4, -0.2) is 30.1 Å². The van der Waals surface area contributed by atoms with E-state index < -0.39 is 0 Å². The summed E-state index contributed by atoms with van der Waals surface area (Å²) in [5, 5.41) is 2.58.